The first kappa shape index (κ1) is 10.5. The molecule has 0 unspecified atom stereocenters. The second-order valence-electron chi connectivity index (χ2n) is 3.01. The maximum Gasteiger partial charge on any atom is 0.311 e. The third kappa shape index (κ3) is 2.73. The van der Waals surface area contributed by atoms with Crippen LogP contribution in [0.3, 0.4) is 0 Å². The van der Waals surface area contributed by atoms with Gasteiger partial charge in [0.1, 0.15) is 0 Å². The molecule has 0 saturated carbocycles. The van der Waals surface area contributed by atoms with Gasteiger partial charge in [0, 0.05) is 0 Å². The van der Waals surface area contributed by atoms with Gasteiger partial charge in [0.25, 0.3) is 0 Å². The molecule has 2 N–H and O–H groups in total. The lowest BCUT2D eigenvalue weighted by Gasteiger charge is -2.03. The lowest BCUT2D eigenvalue weighted by molar-refractivity contribution is -0.142. The van der Waals surface area contributed by atoms with Gasteiger partial charge in [-0.1, -0.05) is 0 Å². The lowest BCUT2D eigenvalue weighted by atomic mass is 10.2. The molecular formula is C10H14N2O2. The zero-order valence-electron chi connectivity index (χ0n) is 8.41. The van der Waals surface area contributed by atoms with Crippen LogP contribution in [0.5, 0.6) is 0 Å². The van der Waals surface area contributed by atoms with Crippen LogP contribution in [0.15, 0.2) is 12.3 Å². The van der Waals surface area contributed by atoms with Crippen LogP contribution in [0.1, 0.15) is 18.2 Å². The molecule has 0 aliphatic carbocycles. The fraction of sp³-hybridized carbons (Fsp3) is 0.400. The van der Waals surface area contributed by atoms with Crippen LogP contribution in [0.2, 0.25) is 0 Å². The monoisotopic (exact) mass is 194 g/mol. The number of hydrogen-bond donors (Lipinski definition) is 1. The number of rotatable bonds is 3. The van der Waals surface area contributed by atoms with E-state index in [0.29, 0.717) is 18.0 Å². The number of nitrogens with zero attached hydrogens (tertiary/aromatic N) is 1. The minimum absolute atomic E-state index is 0.203. The molecule has 0 saturated heterocycles. The molecular weight excluding hydrogens is 180 g/mol. The van der Waals surface area contributed by atoms with Gasteiger partial charge in [0.05, 0.1) is 30.6 Å². The largest absolute Gasteiger partial charge is 0.466 e. The summed E-state index contributed by atoms with van der Waals surface area (Å²) in [6.45, 7) is 4.05. The van der Waals surface area contributed by atoms with E-state index in [0.717, 1.165) is 5.56 Å². The Morgan fingerprint density at radius 3 is 2.93 bits per heavy atom. The maximum atomic E-state index is 11.1. The molecule has 0 aromatic carbocycles. The van der Waals surface area contributed by atoms with Crippen molar-refractivity contribution in [3.63, 3.8) is 0 Å². The van der Waals surface area contributed by atoms with E-state index in [1.165, 1.54) is 0 Å². The standard InChI is InChI=1S/C10H14N2O2/c1-3-14-10(13)5-8-4-7(2)9(11)6-12-8/h4,6H,3,5,11H2,1-2H3. The zero-order valence-corrected chi connectivity index (χ0v) is 8.41. The molecule has 0 aliphatic rings. The summed E-state index contributed by atoms with van der Waals surface area (Å²) in [5, 5.41) is 0. The SMILES string of the molecule is CCOC(=O)Cc1cc(C)c(N)cn1. The van der Waals surface area contributed by atoms with Gasteiger partial charge < -0.3 is 10.5 Å². The fourth-order valence-corrected chi connectivity index (χ4v) is 1.08. The Bertz CT molecular complexity index is 337. The summed E-state index contributed by atoms with van der Waals surface area (Å²) in [7, 11) is 0. The quantitative estimate of drug-likeness (QED) is 0.731. The number of nitrogens with two attached hydrogens (primary N) is 1. The number of carbonyl (C=O) groups excluding carboxylic acids is 1. The van der Waals surface area contributed by atoms with E-state index in [-0.39, 0.29) is 12.4 Å². The summed E-state index contributed by atoms with van der Waals surface area (Å²) in [5.74, 6) is -0.260. The molecule has 0 fully saturated rings. The van der Waals surface area contributed by atoms with E-state index in [4.69, 9.17) is 10.5 Å². The molecule has 1 aromatic rings. The summed E-state index contributed by atoms with van der Waals surface area (Å²) in [6, 6.07) is 1.80. The molecule has 0 atom stereocenters. The molecule has 0 spiro atoms. The van der Waals surface area contributed by atoms with Crippen molar-refractivity contribution in [3.8, 4) is 0 Å². The van der Waals surface area contributed by atoms with Crippen molar-refractivity contribution < 1.29 is 9.53 Å². The molecule has 0 radical (unpaired) electrons. The maximum absolute atomic E-state index is 11.1. The summed E-state index contributed by atoms with van der Waals surface area (Å²) in [6.07, 6.45) is 1.76. The number of hydrogen-bond acceptors (Lipinski definition) is 4. The third-order valence-electron chi connectivity index (χ3n) is 1.84. The Morgan fingerprint density at radius 1 is 1.64 bits per heavy atom. The van der Waals surface area contributed by atoms with Crippen LogP contribution < -0.4 is 5.73 Å². The second kappa shape index (κ2) is 4.60. The minimum atomic E-state index is -0.260. The highest BCUT2D eigenvalue weighted by Gasteiger charge is 2.05. The second-order valence-corrected chi connectivity index (χ2v) is 3.01. The Labute approximate surface area is 83.1 Å². The molecule has 4 heteroatoms. The van der Waals surface area contributed by atoms with Gasteiger partial charge >= 0.3 is 5.97 Å². The van der Waals surface area contributed by atoms with E-state index in [1.807, 2.05) is 6.92 Å². The number of pyridine rings is 1. The molecule has 76 valence electrons. The van der Waals surface area contributed by atoms with Gasteiger partial charge in [-0.3, -0.25) is 9.78 Å². The summed E-state index contributed by atoms with van der Waals surface area (Å²) >= 11 is 0. The van der Waals surface area contributed by atoms with Crippen molar-refractivity contribution in [2.24, 2.45) is 0 Å². The van der Waals surface area contributed by atoms with Crippen LogP contribution in [-0.4, -0.2) is 17.6 Å². The number of aryl methyl sites for hydroxylation is 1. The molecule has 14 heavy (non-hydrogen) atoms. The molecule has 0 bridgehead atoms. The normalized spacial score (nSPS) is 9.86. The molecule has 1 rings (SSSR count). The lowest BCUT2D eigenvalue weighted by Crippen LogP contribution is -2.09. The van der Waals surface area contributed by atoms with E-state index in [2.05, 4.69) is 4.98 Å². The number of nitrogen functional groups attached to an aromatic ring is 1. The van der Waals surface area contributed by atoms with Crippen molar-refractivity contribution in [2.45, 2.75) is 20.3 Å². The number of aromatic nitrogens is 1. The van der Waals surface area contributed by atoms with Crippen molar-refractivity contribution in [3.05, 3.63) is 23.5 Å². The number of anilines is 1. The first-order valence-corrected chi connectivity index (χ1v) is 4.50. The van der Waals surface area contributed by atoms with Gasteiger partial charge in [-0.15, -0.1) is 0 Å². The third-order valence-corrected chi connectivity index (χ3v) is 1.84. The Morgan fingerprint density at radius 2 is 2.36 bits per heavy atom. The van der Waals surface area contributed by atoms with Gasteiger partial charge in [0.15, 0.2) is 0 Å². The van der Waals surface area contributed by atoms with Crippen molar-refractivity contribution in [1.82, 2.24) is 4.98 Å². The van der Waals surface area contributed by atoms with Gasteiger partial charge in [0.2, 0.25) is 0 Å². The first-order chi connectivity index (χ1) is 6.63. The van der Waals surface area contributed by atoms with Crippen LogP contribution in [0, 0.1) is 6.92 Å². The van der Waals surface area contributed by atoms with Gasteiger partial charge in [-0.25, -0.2) is 0 Å². The topological polar surface area (TPSA) is 65.2 Å². The molecule has 1 aromatic heterocycles. The summed E-state index contributed by atoms with van der Waals surface area (Å²) in [5.41, 5.74) is 7.86. The van der Waals surface area contributed by atoms with Crippen LogP contribution in [-0.2, 0) is 16.0 Å². The van der Waals surface area contributed by atoms with Crippen molar-refractivity contribution in [2.75, 3.05) is 12.3 Å². The van der Waals surface area contributed by atoms with Crippen LogP contribution >= 0.6 is 0 Å². The Kier molecular flexibility index (Phi) is 3.45. The predicted molar refractivity (Wildman–Crippen MR) is 53.7 cm³/mol. The highest BCUT2D eigenvalue weighted by molar-refractivity contribution is 5.72. The molecule has 0 aliphatic heterocycles. The molecule has 0 amide bonds. The smallest absolute Gasteiger partial charge is 0.311 e. The molecule has 4 nitrogen and oxygen atoms in total. The average molecular weight is 194 g/mol. The Balaban J connectivity index is 2.68. The van der Waals surface area contributed by atoms with E-state index in [9.17, 15) is 4.79 Å². The highest BCUT2D eigenvalue weighted by atomic mass is 16.5. The predicted octanol–water partition coefficient (Wildman–Crippen LogP) is 1.08. The first-order valence-electron chi connectivity index (χ1n) is 4.50. The van der Waals surface area contributed by atoms with Crippen molar-refractivity contribution in [1.29, 1.82) is 0 Å². The number of esters is 1. The summed E-state index contributed by atoms with van der Waals surface area (Å²) < 4.78 is 4.81. The van der Waals surface area contributed by atoms with Crippen LogP contribution in [0.25, 0.3) is 0 Å². The number of carbonyl (C=O) groups is 1. The number of ether oxygens (including phenoxy) is 1. The average Bonchev–Trinajstić information content (AvgIpc) is 2.12. The Hall–Kier alpha value is -1.58. The van der Waals surface area contributed by atoms with E-state index in [1.54, 1.807) is 19.2 Å². The zero-order chi connectivity index (χ0) is 10.6. The van der Waals surface area contributed by atoms with Crippen LogP contribution in [0.4, 0.5) is 5.69 Å². The molecule has 1 heterocycles. The minimum Gasteiger partial charge on any atom is -0.466 e. The van der Waals surface area contributed by atoms with Gasteiger partial charge in [-0.05, 0) is 25.5 Å². The summed E-state index contributed by atoms with van der Waals surface area (Å²) in [4.78, 5) is 15.2. The highest BCUT2D eigenvalue weighted by Crippen LogP contribution is 2.10. The van der Waals surface area contributed by atoms with Crippen molar-refractivity contribution >= 4 is 11.7 Å². The van der Waals surface area contributed by atoms with Gasteiger partial charge in [-0.2, -0.15) is 0 Å². The fourth-order valence-electron chi connectivity index (χ4n) is 1.08. The van der Waals surface area contributed by atoms with E-state index >= 15 is 0 Å². The van der Waals surface area contributed by atoms with E-state index < -0.39 is 0 Å².